The van der Waals surface area contributed by atoms with E-state index in [2.05, 4.69) is 44.3 Å². The normalized spacial score (nSPS) is 12.3. The van der Waals surface area contributed by atoms with E-state index in [1.807, 2.05) is 0 Å². The van der Waals surface area contributed by atoms with Crippen molar-refractivity contribution in [3.8, 4) is 0 Å². The minimum Gasteiger partial charge on any atom is -0.385 e. The third kappa shape index (κ3) is 9.58. The van der Waals surface area contributed by atoms with Crippen LogP contribution in [0.15, 0.2) is 23.9 Å². The van der Waals surface area contributed by atoms with Crippen molar-refractivity contribution in [1.29, 1.82) is 0 Å². The second-order valence-corrected chi connectivity index (χ2v) is 3.94. The molecule has 0 aromatic heterocycles. The Morgan fingerprint density at radius 1 is 1.00 bits per heavy atom. The van der Waals surface area contributed by atoms with Crippen molar-refractivity contribution in [2.24, 2.45) is 0 Å². The van der Waals surface area contributed by atoms with E-state index in [0.717, 1.165) is 6.54 Å². The van der Waals surface area contributed by atoms with E-state index >= 15 is 0 Å². The van der Waals surface area contributed by atoms with Crippen molar-refractivity contribution in [1.82, 2.24) is 5.32 Å². The molecule has 0 fully saturated rings. The Balaban J connectivity index is 3.30. The Labute approximate surface area is 95.7 Å². The van der Waals surface area contributed by atoms with Gasteiger partial charge in [0.15, 0.2) is 0 Å². The SMILES string of the molecule is C/C=C\C(=C/C)NCCCCCCCC. The zero-order valence-corrected chi connectivity index (χ0v) is 10.7. The number of unbranched alkanes of at least 4 members (excludes halogenated alkanes) is 5. The van der Waals surface area contributed by atoms with Gasteiger partial charge in [0.05, 0.1) is 0 Å². The van der Waals surface area contributed by atoms with E-state index in [9.17, 15) is 0 Å². The summed E-state index contributed by atoms with van der Waals surface area (Å²) in [5.74, 6) is 0. The second kappa shape index (κ2) is 11.4. The van der Waals surface area contributed by atoms with Gasteiger partial charge in [0.2, 0.25) is 0 Å². The fourth-order valence-electron chi connectivity index (χ4n) is 1.57. The summed E-state index contributed by atoms with van der Waals surface area (Å²) in [7, 11) is 0. The maximum Gasteiger partial charge on any atom is 0.0293 e. The molecule has 15 heavy (non-hydrogen) atoms. The van der Waals surface area contributed by atoms with E-state index in [0.29, 0.717) is 0 Å². The van der Waals surface area contributed by atoms with Crippen LogP contribution in [0.3, 0.4) is 0 Å². The number of nitrogens with one attached hydrogen (secondary N) is 1. The minimum absolute atomic E-state index is 1.11. The second-order valence-electron chi connectivity index (χ2n) is 3.94. The molecule has 0 aromatic rings. The summed E-state index contributed by atoms with van der Waals surface area (Å²) in [5, 5.41) is 3.44. The van der Waals surface area contributed by atoms with Crippen molar-refractivity contribution in [3.63, 3.8) is 0 Å². The van der Waals surface area contributed by atoms with Gasteiger partial charge in [0.1, 0.15) is 0 Å². The molecule has 1 heteroatoms. The summed E-state index contributed by atoms with van der Waals surface area (Å²) in [4.78, 5) is 0. The molecule has 0 heterocycles. The standard InChI is InChI=1S/C14H27N/c1-4-7-8-9-10-11-13-15-14(6-3)12-5-2/h5-6,12,15H,4,7-11,13H2,1-3H3/b12-5-,14-6+. The van der Waals surface area contributed by atoms with Crippen LogP contribution in [-0.4, -0.2) is 6.54 Å². The molecule has 0 aliphatic rings. The molecule has 88 valence electrons. The zero-order chi connectivity index (χ0) is 11.4. The monoisotopic (exact) mass is 209 g/mol. The van der Waals surface area contributed by atoms with Crippen molar-refractivity contribution in [2.45, 2.75) is 59.3 Å². The Morgan fingerprint density at radius 2 is 1.67 bits per heavy atom. The number of rotatable bonds is 9. The van der Waals surface area contributed by atoms with E-state index in [1.165, 1.54) is 44.2 Å². The highest BCUT2D eigenvalue weighted by Gasteiger charge is 1.91. The van der Waals surface area contributed by atoms with Gasteiger partial charge in [-0.2, -0.15) is 0 Å². The molecule has 0 amide bonds. The summed E-state index contributed by atoms with van der Waals surface area (Å²) < 4.78 is 0. The summed E-state index contributed by atoms with van der Waals surface area (Å²) in [5.41, 5.74) is 1.24. The fourth-order valence-corrected chi connectivity index (χ4v) is 1.57. The molecule has 1 nitrogen and oxygen atoms in total. The van der Waals surface area contributed by atoms with E-state index in [4.69, 9.17) is 0 Å². The van der Waals surface area contributed by atoms with Gasteiger partial charge < -0.3 is 5.32 Å². The van der Waals surface area contributed by atoms with Crippen LogP contribution in [0.25, 0.3) is 0 Å². The molecule has 0 radical (unpaired) electrons. The van der Waals surface area contributed by atoms with Gasteiger partial charge in [0.25, 0.3) is 0 Å². The molecule has 0 rings (SSSR count). The fraction of sp³-hybridized carbons (Fsp3) is 0.714. The molecule has 0 saturated carbocycles. The molecule has 0 aliphatic carbocycles. The van der Waals surface area contributed by atoms with Crippen LogP contribution in [0.1, 0.15) is 59.3 Å². The largest absolute Gasteiger partial charge is 0.385 e. The van der Waals surface area contributed by atoms with Crippen LogP contribution in [-0.2, 0) is 0 Å². The first-order chi connectivity index (χ1) is 7.35. The molecule has 0 bridgehead atoms. The van der Waals surface area contributed by atoms with Crippen molar-refractivity contribution >= 4 is 0 Å². The van der Waals surface area contributed by atoms with Crippen molar-refractivity contribution < 1.29 is 0 Å². The Hall–Kier alpha value is -0.720. The van der Waals surface area contributed by atoms with Gasteiger partial charge in [-0.25, -0.2) is 0 Å². The lowest BCUT2D eigenvalue weighted by molar-refractivity contribution is 0.595. The van der Waals surface area contributed by atoms with Gasteiger partial charge >= 0.3 is 0 Å². The predicted octanol–water partition coefficient (Wildman–Crippen LogP) is 4.42. The van der Waals surface area contributed by atoms with Crippen LogP contribution in [0.4, 0.5) is 0 Å². The zero-order valence-electron chi connectivity index (χ0n) is 10.7. The van der Waals surface area contributed by atoms with Gasteiger partial charge in [-0.15, -0.1) is 0 Å². The lowest BCUT2D eigenvalue weighted by atomic mass is 10.1. The summed E-state index contributed by atoms with van der Waals surface area (Å²) in [6.07, 6.45) is 14.5. The predicted molar refractivity (Wildman–Crippen MR) is 69.9 cm³/mol. The van der Waals surface area contributed by atoms with Crippen LogP contribution < -0.4 is 5.32 Å². The number of hydrogen-bond donors (Lipinski definition) is 1. The minimum atomic E-state index is 1.11. The van der Waals surface area contributed by atoms with Gasteiger partial charge in [-0.05, 0) is 26.3 Å². The average Bonchev–Trinajstić information content (AvgIpc) is 2.26. The molecule has 0 saturated heterocycles. The topological polar surface area (TPSA) is 12.0 Å². The first kappa shape index (κ1) is 14.3. The maximum atomic E-state index is 3.44. The summed E-state index contributed by atoms with van der Waals surface area (Å²) >= 11 is 0. The summed E-state index contributed by atoms with van der Waals surface area (Å²) in [6, 6.07) is 0. The molecule has 0 aliphatic heterocycles. The van der Waals surface area contributed by atoms with E-state index < -0.39 is 0 Å². The van der Waals surface area contributed by atoms with Crippen LogP contribution in [0.5, 0.6) is 0 Å². The van der Waals surface area contributed by atoms with Crippen molar-refractivity contribution in [2.75, 3.05) is 6.54 Å². The molecular formula is C14H27N. The highest BCUT2D eigenvalue weighted by molar-refractivity contribution is 5.14. The molecule has 0 unspecified atom stereocenters. The summed E-state index contributed by atoms with van der Waals surface area (Å²) in [6.45, 7) is 7.49. The molecule has 0 spiro atoms. The third-order valence-electron chi connectivity index (χ3n) is 2.52. The quantitative estimate of drug-likeness (QED) is 0.438. The van der Waals surface area contributed by atoms with Gasteiger partial charge in [0, 0.05) is 12.2 Å². The maximum absolute atomic E-state index is 3.44. The Morgan fingerprint density at radius 3 is 2.27 bits per heavy atom. The molecule has 1 N–H and O–H groups in total. The van der Waals surface area contributed by atoms with Crippen LogP contribution >= 0.6 is 0 Å². The van der Waals surface area contributed by atoms with Crippen LogP contribution in [0.2, 0.25) is 0 Å². The number of allylic oxidation sites excluding steroid dienone is 3. The van der Waals surface area contributed by atoms with Crippen LogP contribution in [0, 0.1) is 0 Å². The lowest BCUT2D eigenvalue weighted by Crippen LogP contribution is -2.13. The lowest BCUT2D eigenvalue weighted by Gasteiger charge is -2.06. The Kier molecular flexibility index (Phi) is 10.8. The number of hydrogen-bond acceptors (Lipinski definition) is 1. The smallest absolute Gasteiger partial charge is 0.0293 e. The average molecular weight is 209 g/mol. The molecule has 0 atom stereocenters. The first-order valence-electron chi connectivity index (χ1n) is 6.38. The van der Waals surface area contributed by atoms with E-state index in [-0.39, 0.29) is 0 Å². The van der Waals surface area contributed by atoms with E-state index in [1.54, 1.807) is 0 Å². The molecular weight excluding hydrogens is 182 g/mol. The highest BCUT2D eigenvalue weighted by Crippen LogP contribution is 2.04. The third-order valence-corrected chi connectivity index (χ3v) is 2.52. The highest BCUT2D eigenvalue weighted by atomic mass is 14.9. The van der Waals surface area contributed by atoms with Gasteiger partial charge in [-0.3, -0.25) is 0 Å². The molecule has 0 aromatic carbocycles. The Bertz CT molecular complexity index is 180. The van der Waals surface area contributed by atoms with Gasteiger partial charge in [-0.1, -0.05) is 51.2 Å². The van der Waals surface area contributed by atoms with Crippen molar-refractivity contribution in [3.05, 3.63) is 23.9 Å². The first-order valence-corrected chi connectivity index (χ1v) is 6.38.